The van der Waals surface area contributed by atoms with Crippen LogP contribution in [0, 0.1) is 12.8 Å². The summed E-state index contributed by atoms with van der Waals surface area (Å²) in [4.78, 5) is 49.3. The van der Waals surface area contributed by atoms with Crippen molar-refractivity contribution >= 4 is 45.1 Å². The summed E-state index contributed by atoms with van der Waals surface area (Å²) in [6.07, 6.45) is 2.84. The number of nitrogens with zero attached hydrogens (tertiary/aromatic N) is 4. The summed E-state index contributed by atoms with van der Waals surface area (Å²) in [6, 6.07) is 7.78. The Kier molecular flexibility index (Phi) is 6.72. The highest BCUT2D eigenvalue weighted by atomic mass is 32.2. The second-order valence-corrected chi connectivity index (χ2v) is 11.6. The van der Waals surface area contributed by atoms with Gasteiger partial charge in [0, 0.05) is 31.4 Å². The van der Waals surface area contributed by atoms with Crippen LogP contribution in [-0.2, 0) is 22.6 Å². The van der Waals surface area contributed by atoms with Crippen molar-refractivity contribution in [3.05, 3.63) is 50.6 Å². The normalized spacial score (nSPS) is 18.1. The Morgan fingerprint density at radius 3 is 2.74 bits per heavy atom. The van der Waals surface area contributed by atoms with Gasteiger partial charge in [-0.3, -0.25) is 19.0 Å². The van der Waals surface area contributed by atoms with Gasteiger partial charge in [-0.1, -0.05) is 36.9 Å². The molecule has 1 unspecified atom stereocenters. The van der Waals surface area contributed by atoms with Crippen molar-refractivity contribution in [1.82, 2.24) is 19.4 Å². The van der Waals surface area contributed by atoms with Gasteiger partial charge in [-0.25, -0.2) is 4.98 Å². The number of fused-ring (bicyclic) bond motifs is 3. The van der Waals surface area contributed by atoms with E-state index in [0.29, 0.717) is 40.8 Å². The molecule has 1 fully saturated rings. The number of piperidine rings is 1. The first-order chi connectivity index (χ1) is 16.8. The lowest BCUT2D eigenvalue weighted by molar-refractivity contribution is -0.130. The van der Waals surface area contributed by atoms with Crippen LogP contribution in [0.15, 0.2) is 34.2 Å². The average Bonchev–Trinajstić information content (AvgIpc) is 3.21. The number of aryl methyl sites for hydroxylation is 1. The zero-order valence-electron chi connectivity index (χ0n) is 20.4. The van der Waals surface area contributed by atoms with Gasteiger partial charge in [0.05, 0.1) is 23.4 Å². The van der Waals surface area contributed by atoms with Crippen molar-refractivity contribution in [1.29, 1.82) is 0 Å². The van der Waals surface area contributed by atoms with E-state index in [2.05, 4.69) is 6.92 Å². The van der Waals surface area contributed by atoms with Gasteiger partial charge >= 0.3 is 0 Å². The van der Waals surface area contributed by atoms with Crippen molar-refractivity contribution in [3.8, 4) is 5.69 Å². The molecule has 7 nitrogen and oxygen atoms in total. The van der Waals surface area contributed by atoms with Crippen molar-refractivity contribution in [2.45, 2.75) is 51.7 Å². The van der Waals surface area contributed by atoms with E-state index in [4.69, 9.17) is 4.98 Å². The van der Waals surface area contributed by atoms with Crippen molar-refractivity contribution in [2.24, 2.45) is 5.92 Å². The van der Waals surface area contributed by atoms with Gasteiger partial charge in [0.15, 0.2) is 5.16 Å². The zero-order chi connectivity index (χ0) is 24.7. The predicted octanol–water partition coefficient (Wildman–Crippen LogP) is 4.01. The standard InChI is InChI=1S/C26H30N4O3S2/c1-16-7-6-11-29(13-16)22(32)15-34-26-27-24-23(19-10-12-28(18(3)31)14-21(19)35-24)25(33)30(26)20-9-5-4-8-17(20)2/h4-5,8-9,16H,6-7,10-15H2,1-3H3. The number of para-hydroxylation sites is 1. The van der Waals surface area contributed by atoms with E-state index in [1.54, 1.807) is 11.5 Å². The smallest absolute Gasteiger partial charge is 0.267 e. The highest BCUT2D eigenvalue weighted by Gasteiger charge is 2.27. The van der Waals surface area contributed by atoms with Crippen LogP contribution in [0.3, 0.4) is 0 Å². The minimum absolute atomic E-state index is 0.0418. The number of aromatic nitrogens is 2. The Balaban J connectivity index is 1.56. The van der Waals surface area contributed by atoms with Crippen LogP contribution >= 0.6 is 23.1 Å². The topological polar surface area (TPSA) is 75.5 Å². The first-order valence-electron chi connectivity index (χ1n) is 12.1. The quantitative estimate of drug-likeness (QED) is 0.392. The molecule has 1 saturated heterocycles. The summed E-state index contributed by atoms with van der Waals surface area (Å²) < 4.78 is 1.68. The van der Waals surface area contributed by atoms with Crippen LogP contribution in [0.1, 0.15) is 42.7 Å². The number of amides is 2. The van der Waals surface area contributed by atoms with E-state index < -0.39 is 0 Å². The monoisotopic (exact) mass is 510 g/mol. The molecule has 0 radical (unpaired) electrons. The zero-order valence-corrected chi connectivity index (χ0v) is 22.0. The molecular formula is C26H30N4O3S2. The van der Waals surface area contributed by atoms with Crippen LogP contribution in [0.5, 0.6) is 0 Å². The number of thioether (sulfide) groups is 1. The molecule has 0 N–H and O–H groups in total. The number of carbonyl (C=O) groups is 2. The molecule has 0 aliphatic carbocycles. The molecule has 2 aliphatic rings. The Hall–Kier alpha value is -2.65. The van der Waals surface area contributed by atoms with Crippen molar-refractivity contribution in [3.63, 3.8) is 0 Å². The number of thiophene rings is 1. The van der Waals surface area contributed by atoms with Gasteiger partial charge in [0.2, 0.25) is 11.8 Å². The van der Waals surface area contributed by atoms with Gasteiger partial charge in [-0.15, -0.1) is 11.3 Å². The van der Waals surface area contributed by atoms with Crippen LogP contribution in [0.4, 0.5) is 0 Å². The largest absolute Gasteiger partial charge is 0.342 e. The van der Waals surface area contributed by atoms with Gasteiger partial charge in [0.25, 0.3) is 5.56 Å². The number of rotatable bonds is 4. The predicted molar refractivity (Wildman–Crippen MR) is 140 cm³/mol. The van der Waals surface area contributed by atoms with Crippen molar-refractivity contribution < 1.29 is 9.59 Å². The Labute approximate surface area is 213 Å². The highest BCUT2D eigenvalue weighted by molar-refractivity contribution is 7.99. The maximum absolute atomic E-state index is 14.0. The third-order valence-electron chi connectivity index (χ3n) is 6.98. The summed E-state index contributed by atoms with van der Waals surface area (Å²) in [6.45, 7) is 8.46. The first kappa shape index (κ1) is 24.1. The van der Waals surface area contributed by atoms with E-state index >= 15 is 0 Å². The summed E-state index contributed by atoms with van der Waals surface area (Å²) in [5, 5.41) is 1.19. The van der Waals surface area contributed by atoms with E-state index in [1.807, 2.05) is 41.0 Å². The SMILES string of the molecule is CC(=O)N1CCc2c(sc3nc(SCC(=O)N4CCCC(C)C4)n(-c4ccccc4C)c(=O)c23)C1. The summed E-state index contributed by atoms with van der Waals surface area (Å²) in [7, 11) is 0. The number of benzene rings is 1. The molecule has 184 valence electrons. The third kappa shape index (κ3) is 4.63. The minimum atomic E-state index is -0.0976. The second-order valence-electron chi connectivity index (χ2n) is 9.57. The molecule has 35 heavy (non-hydrogen) atoms. The molecule has 4 heterocycles. The molecule has 1 atom stereocenters. The van der Waals surface area contributed by atoms with E-state index in [1.165, 1.54) is 23.1 Å². The number of hydrogen-bond acceptors (Lipinski definition) is 6. The fourth-order valence-electron chi connectivity index (χ4n) is 5.05. The molecule has 0 saturated carbocycles. The minimum Gasteiger partial charge on any atom is -0.342 e. The Morgan fingerprint density at radius 2 is 2.00 bits per heavy atom. The van der Waals surface area contributed by atoms with E-state index in [0.717, 1.165) is 47.6 Å². The molecule has 5 rings (SSSR count). The van der Waals surface area contributed by atoms with Gasteiger partial charge < -0.3 is 9.80 Å². The maximum Gasteiger partial charge on any atom is 0.267 e. The van der Waals surface area contributed by atoms with Gasteiger partial charge in [-0.05, 0) is 49.3 Å². The van der Waals surface area contributed by atoms with E-state index in [9.17, 15) is 14.4 Å². The van der Waals surface area contributed by atoms with Crippen LogP contribution in [0.2, 0.25) is 0 Å². The highest BCUT2D eigenvalue weighted by Crippen LogP contribution is 2.34. The lowest BCUT2D eigenvalue weighted by atomic mass is 10.0. The maximum atomic E-state index is 14.0. The van der Waals surface area contributed by atoms with Gasteiger partial charge in [-0.2, -0.15) is 0 Å². The fraction of sp³-hybridized carbons (Fsp3) is 0.462. The molecule has 1 aromatic carbocycles. The lowest BCUT2D eigenvalue weighted by Gasteiger charge is -2.30. The molecule has 3 aromatic rings. The molecular weight excluding hydrogens is 480 g/mol. The molecule has 2 amide bonds. The Morgan fingerprint density at radius 1 is 1.20 bits per heavy atom. The number of likely N-dealkylation sites (tertiary alicyclic amines) is 1. The van der Waals surface area contributed by atoms with Crippen molar-refractivity contribution in [2.75, 3.05) is 25.4 Å². The second kappa shape index (κ2) is 9.78. The molecule has 0 spiro atoms. The van der Waals surface area contributed by atoms with Crippen LogP contribution < -0.4 is 5.56 Å². The Bertz CT molecular complexity index is 1360. The summed E-state index contributed by atoms with van der Waals surface area (Å²) in [5.41, 5.74) is 2.67. The van der Waals surface area contributed by atoms with Gasteiger partial charge in [0.1, 0.15) is 4.83 Å². The molecule has 2 aliphatic heterocycles. The van der Waals surface area contributed by atoms with Crippen LogP contribution in [0.25, 0.3) is 15.9 Å². The first-order valence-corrected chi connectivity index (χ1v) is 13.9. The molecule has 0 bridgehead atoms. The number of hydrogen-bond donors (Lipinski definition) is 0. The molecule has 9 heteroatoms. The third-order valence-corrected chi connectivity index (χ3v) is 9.01. The summed E-state index contributed by atoms with van der Waals surface area (Å²) in [5.74, 6) is 0.902. The van der Waals surface area contributed by atoms with E-state index in [-0.39, 0.29) is 23.1 Å². The molecule has 2 aromatic heterocycles. The average molecular weight is 511 g/mol. The summed E-state index contributed by atoms with van der Waals surface area (Å²) >= 11 is 2.83. The number of carbonyl (C=O) groups excluding carboxylic acids is 2. The lowest BCUT2D eigenvalue weighted by Crippen LogP contribution is -2.40. The van der Waals surface area contributed by atoms with Crippen LogP contribution in [-0.4, -0.2) is 56.6 Å². The fourth-order valence-corrected chi connectivity index (χ4v) is 7.23.